The number of fused-ring (bicyclic) bond motifs is 2. The third-order valence-corrected chi connectivity index (χ3v) is 4.39. The fourth-order valence-corrected chi connectivity index (χ4v) is 3.07. The molecule has 1 amide bonds. The Balaban J connectivity index is 0.000000176. The fraction of sp³-hybridized carbons (Fsp3) is 0.304. The number of aromatic nitrogens is 1. The van der Waals surface area contributed by atoms with Crippen molar-refractivity contribution < 1.29 is 14.6 Å². The molecule has 146 valence electrons. The number of amides is 1. The lowest BCUT2D eigenvalue weighted by Crippen LogP contribution is -2.39. The van der Waals surface area contributed by atoms with Gasteiger partial charge in [-0.05, 0) is 50.5 Å². The molecule has 0 spiro atoms. The molecule has 2 heterocycles. The molecule has 0 unspecified atom stereocenters. The highest BCUT2D eigenvalue weighted by Gasteiger charge is 2.25. The van der Waals surface area contributed by atoms with Crippen molar-refractivity contribution in [1.29, 1.82) is 0 Å². The van der Waals surface area contributed by atoms with E-state index >= 15 is 0 Å². The summed E-state index contributed by atoms with van der Waals surface area (Å²) < 4.78 is 5.38. The van der Waals surface area contributed by atoms with Gasteiger partial charge in [0.1, 0.15) is 16.9 Å². The summed E-state index contributed by atoms with van der Waals surface area (Å²) in [6.45, 7) is 7.07. The van der Waals surface area contributed by atoms with Gasteiger partial charge in [-0.1, -0.05) is 42.5 Å². The Morgan fingerprint density at radius 1 is 1.04 bits per heavy atom. The van der Waals surface area contributed by atoms with E-state index in [1.807, 2.05) is 51.1 Å². The fourth-order valence-electron chi connectivity index (χ4n) is 3.07. The number of nitrogens with zero attached hydrogens (tertiary/aromatic N) is 2. The van der Waals surface area contributed by atoms with E-state index in [2.05, 4.69) is 17.1 Å². The molecule has 2 aromatic carbocycles. The number of phenolic OH excluding ortho intramolecular Hbond substituents is 1. The summed E-state index contributed by atoms with van der Waals surface area (Å²) in [6.07, 6.45) is 2.37. The summed E-state index contributed by atoms with van der Waals surface area (Å²) in [4.78, 5) is 17.7. The predicted molar refractivity (Wildman–Crippen MR) is 110 cm³/mol. The van der Waals surface area contributed by atoms with Gasteiger partial charge in [-0.15, -0.1) is 0 Å². The topological polar surface area (TPSA) is 62.7 Å². The normalized spacial score (nSPS) is 13.3. The first-order chi connectivity index (χ1) is 13.3. The van der Waals surface area contributed by atoms with E-state index in [9.17, 15) is 9.90 Å². The molecule has 0 aliphatic carbocycles. The molecule has 1 aromatic heterocycles. The van der Waals surface area contributed by atoms with Gasteiger partial charge in [-0.2, -0.15) is 0 Å². The van der Waals surface area contributed by atoms with Crippen LogP contribution in [0.3, 0.4) is 0 Å². The Morgan fingerprint density at radius 3 is 2.46 bits per heavy atom. The zero-order chi connectivity index (χ0) is 20.1. The van der Waals surface area contributed by atoms with Gasteiger partial charge in [0.15, 0.2) is 0 Å². The van der Waals surface area contributed by atoms with E-state index in [-0.39, 0.29) is 11.8 Å². The number of rotatable bonds is 0. The van der Waals surface area contributed by atoms with Gasteiger partial charge < -0.3 is 14.7 Å². The smallest absolute Gasteiger partial charge is 0.410 e. The van der Waals surface area contributed by atoms with Gasteiger partial charge in [0.25, 0.3) is 0 Å². The van der Waals surface area contributed by atoms with E-state index in [1.165, 1.54) is 11.1 Å². The Kier molecular flexibility index (Phi) is 5.83. The number of benzene rings is 2. The van der Waals surface area contributed by atoms with Gasteiger partial charge in [-0.25, -0.2) is 4.79 Å². The first kappa shape index (κ1) is 19.7. The van der Waals surface area contributed by atoms with Crippen molar-refractivity contribution in [2.75, 3.05) is 6.54 Å². The van der Waals surface area contributed by atoms with Crippen molar-refractivity contribution in [1.82, 2.24) is 9.88 Å². The van der Waals surface area contributed by atoms with Crippen LogP contribution in [-0.2, 0) is 17.7 Å². The first-order valence-corrected chi connectivity index (χ1v) is 9.41. The van der Waals surface area contributed by atoms with Crippen molar-refractivity contribution in [3.05, 3.63) is 71.9 Å². The van der Waals surface area contributed by atoms with Gasteiger partial charge in [0, 0.05) is 24.7 Å². The molecule has 0 atom stereocenters. The highest BCUT2D eigenvalue weighted by atomic mass is 16.6. The SMILES string of the molecule is CC(C)(C)OC(=O)N1CCc2ccccc2C1.Oc1cccc2cccnc12. The van der Waals surface area contributed by atoms with E-state index < -0.39 is 5.60 Å². The van der Waals surface area contributed by atoms with Crippen molar-refractivity contribution >= 4 is 17.0 Å². The summed E-state index contributed by atoms with van der Waals surface area (Å²) in [7, 11) is 0. The van der Waals surface area contributed by atoms with Crippen molar-refractivity contribution in [3.63, 3.8) is 0 Å². The zero-order valence-corrected chi connectivity index (χ0v) is 16.6. The number of hydrogen-bond acceptors (Lipinski definition) is 4. The number of carbonyl (C=O) groups excluding carboxylic acids is 1. The van der Waals surface area contributed by atoms with Crippen LogP contribution in [0.25, 0.3) is 10.9 Å². The molecule has 1 aliphatic rings. The number of pyridine rings is 1. The highest BCUT2D eigenvalue weighted by Crippen LogP contribution is 2.21. The van der Waals surface area contributed by atoms with Crippen LogP contribution in [0.15, 0.2) is 60.8 Å². The van der Waals surface area contributed by atoms with Crippen LogP contribution in [0.5, 0.6) is 5.75 Å². The monoisotopic (exact) mass is 378 g/mol. The minimum atomic E-state index is -0.423. The van der Waals surface area contributed by atoms with E-state index in [1.54, 1.807) is 23.2 Å². The van der Waals surface area contributed by atoms with Crippen molar-refractivity contribution in [3.8, 4) is 5.75 Å². The largest absolute Gasteiger partial charge is 0.506 e. The van der Waals surface area contributed by atoms with E-state index in [0.29, 0.717) is 12.1 Å². The molecule has 5 heteroatoms. The zero-order valence-electron chi connectivity index (χ0n) is 16.6. The summed E-state index contributed by atoms with van der Waals surface area (Å²) in [6, 6.07) is 17.4. The number of aromatic hydroxyl groups is 1. The molecule has 0 fully saturated rings. The second-order valence-corrected chi connectivity index (χ2v) is 7.77. The molecular weight excluding hydrogens is 352 g/mol. The third-order valence-electron chi connectivity index (χ3n) is 4.39. The third kappa shape index (κ3) is 5.00. The van der Waals surface area contributed by atoms with E-state index in [4.69, 9.17) is 4.74 Å². The maximum absolute atomic E-state index is 11.9. The maximum atomic E-state index is 11.9. The van der Waals surface area contributed by atoms with Crippen LogP contribution in [0.4, 0.5) is 4.79 Å². The van der Waals surface area contributed by atoms with Crippen LogP contribution >= 0.6 is 0 Å². The summed E-state index contributed by atoms with van der Waals surface area (Å²) >= 11 is 0. The Hall–Kier alpha value is -3.08. The number of para-hydroxylation sites is 1. The predicted octanol–water partition coefficient (Wildman–Crippen LogP) is 4.92. The summed E-state index contributed by atoms with van der Waals surface area (Å²) in [5.74, 6) is 0.239. The molecule has 0 saturated carbocycles. The second kappa shape index (κ2) is 8.30. The van der Waals surface area contributed by atoms with Crippen LogP contribution in [0.2, 0.25) is 0 Å². The van der Waals surface area contributed by atoms with Crippen molar-refractivity contribution in [2.45, 2.75) is 39.3 Å². The molecule has 3 aromatic rings. The molecule has 1 aliphatic heterocycles. The van der Waals surface area contributed by atoms with Gasteiger partial charge in [0.2, 0.25) is 0 Å². The average Bonchev–Trinajstić information content (AvgIpc) is 2.67. The lowest BCUT2D eigenvalue weighted by molar-refractivity contribution is 0.0224. The first-order valence-electron chi connectivity index (χ1n) is 9.41. The van der Waals surface area contributed by atoms with Crippen LogP contribution in [0.1, 0.15) is 31.9 Å². The molecule has 0 bridgehead atoms. The molecule has 5 nitrogen and oxygen atoms in total. The Morgan fingerprint density at radius 2 is 1.75 bits per heavy atom. The van der Waals surface area contributed by atoms with E-state index in [0.717, 1.165) is 18.4 Å². The number of hydrogen-bond donors (Lipinski definition) is 1. The van der Waals surface area contributed by atoms with Crippen molar-refractivity contribution in [2.24, 2.45) is 0 Å². The minimum Gasteiger partial charge on any atom is -0.506 e. The van der Waals surface area contributed by atoms with Crippen LogP contribution in [-0.4, -0.2) is 33.2 Å². The van der Waals surface area contributed by atoms with Gasteiger partial charge in [-0.3, -0.25) is 4.98 Å². The molecule has 28 heavy (non-hydrogen) atoms. The molecule has 4 rings (SSSR count). The van der Waals surface area contributed by atoms with Crippen LogP contribution < -0.4 is 0 Å². The number of phenols is 1. The van der Waals surface area contributed by atoms with Gasteiger partial charge in [0.05, 0.1) is 0 Å². The lowest BCUT2D eigenvalue weighted by Gasteiger charge is -2.31. The molecular formula is C23H26N2O3. The summed E-state index contributed by atoms with van der Waals surface area (Å²) in [5.41, 5.74) is 2.81. The standard InChI is InChI=1S/C14H19NO2.C9H7NO/c1-14(2,3)17-13(16)15-9-8-11-6-4-5-7-12(11)10-15;11-8-5-1-3-7-4-2-6-10-9(7)8/h4-7H,8-10H2,1-3H3;1-6,11H. The number of carbonyl (C=O) groups is 1. The highest BCUT2D eigenvalue weighted by molar-refractivity contribution is 5.83. The average molecular weight is 378 g/mol. The minimum absolute atomic E-state index is 0.216. The maximum Gasteiger partial charge on any atom is 0.410 e. The summed E-state index contributed by atoms with van der Waals surface area (Å²) in [5, 5.41) is 10.3. The molecule has 0 radical (unpaired) electrons. The second-order valence-electron chi connectivity index (χ2n) is 7.77. The number of ether oxygens (including phenoxy) is 1. The quantitative estimate of drug-likeness (QED) is 0.603. The van der Waals surface area contributed by atoms with Gasteiger partial charge >= 0.3 is 6.09 Å². The van der Waals surface area contributed by atoms with Crippen LogP contribution in [0, 0.1) is 0 Å². The Bertz CT molecular complexity index is 958. The lowest BCUT2D eigenvalue weighted by atomic mass is 10.0. The molecule has 1 N–H and O–H groups in total. The molecule has 0 saturated heterocycles. The Labute approximate surface area is 165 Å².